The number of halogens is 2. The van der Waals surface area contributed by atoms with Crippen LogP contribution in [0.4, 0.5) is 14.5 Å². The number of methoxy groups -OCH3 is 1. The highest BCUT2D eigenvalue weighted by molar-refractivity contribution is 7.92. The van der Waals surface area contributed by atoms with Crippen LogP contribution in [-0.2, 0) is 10.0 Å². The number of anilines is 1. The summed E-state index contributed by atoms with van der Waals surface area (Å²) < 4.78 is 66.2. The number of sulfonamides is 1. The van der Waals surface area contributed by atoms with Gasteiger partial charge in [-0.05, 0) is 43.3 Å². The monoisotopic (exact) mass is 461 g/mol. The van der Waals surface area contributed by atoms with Crippen molar-refractivity contribution in [2.24, 2.45) is 0 Å². The molecule has 2 aromatic heterocycles. The van der Waals surface area contributed by atoms with E-state index in [9.17, 15) is 17.2 Å². The maximum absolute atomic E-state index is 14.2. The third-order valence-corrected chi connectivity index (χ3v) is 5.79. The van der Waals surface area contributed by atoms with Crippen molar-refractivity contribution in [3.8, 4) is 23.1 Å². The highest BCUT2D eigenvalue weighted by atomic mass is 32.2. The number of nitrogens with zero attached hydrogens (tertiary/aromatic N) is 4. The summed E-state index contributed by atoms with van der Waals surface area (Å²) in [5.74, 6) is -1.64. The van der Waals surface area contributed by atoms with Crippen molar-refractivity contribution < 1.29 is 26.7 Å². The van der Waals surface area contributed by atoms with Crippen LogP contribution in [0.15, 0.2) is 48.7 Å². The molecule has 0 saturated carbocycles. The zero-order valence-corrected chi connectivity index (χ0v) is 17.7. The van der Waals surface area contributed by atoms with E-state index in [0.717, 1.165) is 12.1 Å². The number of aromatic nitrogens is 4. The maximum Gasteiger partial charge on any atom is 0.243 e. The Morgan fingerprint density at radius 1 is 1.09 bits per heavy atom. The van der Waals surface area contributed by atoms with E-state index in [1.54, 1.807) is 6.07 Å². The van der Waals surface area contributed by atoms with Crippen molar-refractivity contribution in [3.05, 3.63) is 60.3 Å². The van der Waals surface area contributed by atoms with Crippen LogP contribution in [0.2, 0.25) is 0 Å². The van der Waals surface area contributed by atoms with Gasteiger partial charge in [0.15, 0.2) is 22.8 Å². The van der Waals surface area contributed by atoms with Gasteiger partial charge in [-0.25, -0.2) is 26.9 Å². The van der Waals surface area contributed by atoms with Gasteiger partial charge in [0.25, 0.3) is 0 Å². The van der Waals surface area contributed by atoms with Crippen molar-refractivity contribution in [3.63, 3.8) is 0 Å². The molecular weight excluding hydrogens is 444 g/mol. The van der Waals surface area contributed by atoms with Crippen molar-refractivity contribution in [2.75, 3.05) is 17.6 Å². The van der Waals surface area contributed by atoms with E-state index in [2.05, 4.69) is 20.0 Å². The molecule has 9 nitrogen and oxygen atoms in total. The van der Waals surface area contributed by atoms with Gasteiger partial charge in [0.2, 0.25) is 15.9 Å². The molecule has 0 bridgehead atoms. The van der Waals surface area contributed by atoms with Gasteiger partial charge in [-0.1, -0.05) is 5.21 Å². The largest absolute Gasteiger partial charge is 0.479 e. The topological polar surface area (TPSA) is 108 Å². The molecule has 4 aromatic rings. The molecule has 0 aliphatic heterocycles. The van der Waals surface area contributed by atoms with Gasteiger partial charge in [-0.2, -0.15) is 0 Å². The van der Waals surface area contributed by atoms with Crippen molar-refractivity contribution in [2.45, 2.75) is 6.92 Å². The second kappa shape index (κ2) is 8.38. The predicted octanol–water partition coefficient (Wildman–Crippen LogP) is 3.66. The highest BCUT2D eigenvalue weighted by Gasteiger charge is 2.18. The summed E-state index contributed by atoms with van der Waals surface area (Å²) in [6, 6.07) is 8.89. The molecule has 0 radical (unpaired) electrons. The van der Waals surface area contributed by atoms with Gasteiger partial charge in [0, 0.05) is 12.3 Å². The van der Waals surface area contributed by atoms with E-state index in [1.807, 2.05) is 0 Å². The zero-order chi connectivity index (χ0) is 22.9. The number of pyridine rings is 1. The lowest BCUT2D eigenvalue weighted by atomic mass is 10.2. The number of ether oxygens (including phenoxy) is 2. The highest BCUT2D eigenvalue weighted by Crippen LogP contribution is 2.34. The van der Waals surface area contributed by atoms with E-state index in [-0.39, 0.29) is 34.5 Å². The van der Waals surface area contributed by atoms with Gasteiger partial charge in [-0.3, -0.25) is 4.72 Å². The van der Waals surface area contributed by atoms with Crippen LogP contribution in [0.3, 0.4) is 0 Å². The Hall–Kier alpha value is -3.80. The van der Waals surface area contributed by atoms with Crippen LogP contribution < -0.4 is 14.2 Å². The lowest BCUT2D eigenvalue weighted by molar-refractivity contribution is 0.402. The normalized spacial score (nSPS) is 11.5. The van der Waals surface area contributed by atoms with Gasteiger partial charge in [0.05, 0.1) is 18.6 Å². The standard InChI is InChI=1S/C20H17F2N5O4S/c1-3-32(28,29)25-13-5-7-18(31-17-6-4-12(21)10-14(17)22)16(11-13)27-15-8-9-23-20(30-2)19(15)24-26-27/h4-11,25H,3H2,1-2H3. The maximum atomic E-state index is 14.2. The number of rotatable bonds is 7. The molecule has 0 aliphatic carbocycles. The molecule has 0 aliphatic rings. The summed E-state index contributed by atoms with van der Waals surface area (Å²) in [7, 11) is -2.12. The van der Waals surface area contributed by atoms with Crippen molar-refractivity contribution >= 4 is 26.7 Å². The zero-order valence-electron chi connectivity index (χ0n) is 16.9. The fourth-order valence-electron chi connectivity index (χ4n) is 2.92. The molecule has 0 saturated heterocycles. The molecule has 2 heterocycles. The summed E-state index contributed by atoms with van der Waals surface area (Å²) >= 11 is 0. The van der Waals surface area contributed by atoms with Crippen LogP contribution in [0.1, 0.15) is 6.92 Å². The van der Waals surface area contributed by atoms with Crippen molar-refractivity contribution in [1.82, 2.24) is 20.0 Å². The summed E-state index contributed by atoms with van der Waals surface area (Å²) in [4.78, 5) is 4.07. The summed E-state index contributed by atoms with van der Waals surface area (Å²) in [6.07, 6.45) is 1.49. The van der Waals surface area contributed by atoms with Crippen LogP contribution in [0, 0.1) is 11.6 Å². The van der Waals surface area contributed by atoms with Crippen LogP contribution in [0.5, 0.6) is 17.4 Å². The Morgan fingerprint density at radius 3 is 2.59 bits per heavy atom. The van der Waals surface area contributed by atoms with E-state index in [0.29, 0.717) is 17.1 Å². The second-order valence-corrected chi connectivity index (χ2v) is 8.56. The summed E-state index contributed by atoms with van der Waals surface area (Å²) in [6.45, 7) is 1.50. The summed E-state index contributed by atoms with van der Waals surface area (Å²) in [5.41, 5.74) is 1.32. The minimum atomic E-state index is -3.56. The third-order valence-electron chi connectivity index (χ3n) is 4.48. The Labute approximate surface area is 181 Å². The van der Waals surface area contributed by atoms with E-state index in [1.165, 1.54) is 43.1 Å². The van der Waals surface area contributed by atoms with Gasteiger partial charge in [-0.15, -0.1) is 5.10 Å². The first-order valence-electron chi connectivity index (χ1n) is 9.33. The molecule has 32 heavy (non-hydrogen) atoms. The number of hydrogen-bond donors (Lipinski definition) is 1. The van der Waals surface area contributed by atoms with E-state index >= 15 is 0 Å². The molecule has 4 rings (SSSR count). The lowest BCUT2D eigenvalue weighted by Gasteiger charge is -2.14. The minimum absolute atomic E-state index is 0.123. The Bertz CT molecular complexity index is 1410. The number of hydrogen-bond acceptors (Lipinski definition) is 7. The number of nitrogens with one attached hydrogen (secondary N) is 1. The Morgan fingerprint density at radius 2 is 1.88 bits per heavy atom. The van der Waals surface area contributed by atoms with Gasteiger partial charge >= 0.3 is 0 Å². The Balaban J connectivity index is 1.87. The molecule has 0 amide bonds. The van der Waals surface area contributed by atoms with E-state index < -0.39 is 21.7 Å². The minimum Gasteiger partial charge on any atom is -0.479 e. The molecule has 0 fully saturated rings. The van der Waals surface area contributed by atoms with Crippen LogP contribution in [-0.4, -0.2) is 41.3 Å². The predicted molar refractivity (Wildman–Crippen MR) is 113 cm³/mol. The average molecular weight is 461 g/mol. The fraction of sp³-hybridized carbons (Fsp3) is 0.150. The molecule has 1 N–H and O–H groups in total. The second-order valence-electron chi connectivity index (χ2n) is 6.55. The first kappa shape index (κ1) is 21.4. The summed E-state index contributed by atoms with van der Waals surface area (Å²) in [5, 5.41) is 8.18. The van der Waals surface area contributed by atoms with E-state index in [4.69, 9.17) is 9.47 Å². The molecular formula is C20H17F2N5O4S. The first-order chi connectivity index (χ1) is 15.3. The molecule has 2 aromatic carbocycles. The van der Waals surface area contributed by atoms with Crippen molar-refractivity contribution in [1.29, 1.82) is 0 Å². The van der Waals surface area contributed by atoms with Gasteiger partial charge < -0.3 is 9.47 Å². The van der Waals surface area contributed by atoms with Gasteiger partial charge in [0.1, 0.15) is 17.0 Å². The first-order valence-corrected chi connectivity index (χ1v) is 11.0. The fourth-order valence-corrected chi connectivity index (χ4v) is 3.55. The smallest absolute Gasteiger partial charge is 0.243 e. The SMILES string of the molecule is CCS(=O)(=O)Nc1ccc(Oc2ccc(F)cc2F)c(-n2nnc3c(OC)nccc32)c1. The average Bonchev–Trinajstić information content (AvgIpc) is 3.20. The lowest BCUT2D eigenvalue weighted by Crippen LogP contribution is -2.15. The molecule has 166 valence electrons. The quantitative estimate of drug-likeness (QED) is 0.447. The Kier molecular flexibility index (Phi) is 5.61. The molecule has 0 atom stereocenters. The molecule has 0 unspecified atom stereocenters. The number of benzene rings is 2. The van der Waals surface area contributed by atoms with Crippen LogP contribution in [0.25, 0.3) is 16.7 Å². The molecule has 0 spiro atoms. The number of fused-ring (bicyclic) bond motifs is 1. The van der Waals surface area contributed by atoms with Crippen LogP contribution >= 0.6 is 0 Å². The molecule has 12 heteroatoms. The third kappa shape index (κ3) is 4.17.